The zero-order chi connectivity index (χ0) is 13.1. The van der Waals surface area contributed by atoms with Crippen LogP contribution in [0.15, 0.2) is 12.1 Å². The van der Waals surface area contributed by atoms with Crippen LogP contribution in [0.1, 0.15) is 13.3 Å². The normalized spacial score (nSPS) is 14.3. The first-order valence-corrected chi connectivity index (χ1v) is 6.08. The average molecular weight is 307 g/mol. The molecule has 3 N–H and O–H groups in total. The molecule has 0 radical (unpaired) electrons. The highest BCUT2D eigenvalue weighted by Gasteiger charge is 2.16. The number of hydrogen-bond acceptors (Lipinski definition) is 4. The van der Waals surface area contributed by atoms with Gasteiger partial charge in [-0.3, -0.25) is 4.79 Å². The molecule has 106 valence electrons. The van der Waals surface area contributed by atoms with Crippen molar-refractivity contribution in [3.63, 3.8) is 0 Å². The topological polar surface area (TPSA) is 73.6 Å². The molecule has 1 aromatic carbocycles. The van der Waals surface area contributed by atoms with Crippen LogP contribution in [-0.4, -0.2) is 25.2 Å². The largest absolute Gasteiger partial charge is 0.486 e. The minimum absolute atomic E-state index is 0. The van der Waals surface area contributed by atoms with Crippen LogP contribution in [0, 0.1) is 0 Å². The number of nitrogens with one attached hydrogen (secondary N) is 1. The summed E-state index contributed by atoms with van der Waals surface area (Å²) in [5, 5.41) is 3.12. The van der Waals surface area contributed by atoms with E-state index in [0.717, 1.165) is 0 Å². The maximum Gasteiger partial charge on any atom is 0.225 e. The molecule has 1 aliphatic rings. The third-order valence-electron chi connectivity index (χ3n) is 2.41. The molecule has 0 saturated heterocycles. The Kier molecular flexibility index (Phi) is 5.72. The zero-order valence-corrected chi connectivity index (χ0v) is 12.0. The van der Waals surface area contributed by atoms with Crippen molar-refractivity contribution in [1.29, 1.82) is 0 Å². The van der Waals surface area contributed by atoms with E-state index < -0.39 is 0 Å². The number of anilines is 1. The highest BCUT2D eigenvalue weighted by molar-refractivity contribution is 6.34. The van der Waals surface area contributed by atoms with Crippen molar-refractivity contribution in [3.05, 3.63) is 17.2 Å². The van der Waals surface area contributed by atoms with Crippen LogP contribution in [0.3, 0.4) is 0 Å². The SMILES string of the molecule is CC(N)CC(=O)Nc1cc2c(cc1Cl)OCCO2.Cl. The number of hydrogen-bond donors (Lipinski definition) is 2. The van der Waals surface area contributed by atoms with E-state index in [1.165, 1.54) is 0 Å². The maximum atomic E-state index is 11.6. The number of carbonyl (C=O) groups excluding carboxylic acids is 1. The van der Waals surface area contributed by atoms with Gasteiger partial charge in [0, 0.05) is 24.6 Å². The quantitative estimate of drug-likeness (QED) is 0.898. The molecule has 0 bridgehead atoms. The third kappa shape index (κ3) is 4.16. The maximum absolute atomic E-state index is 11.6. The lowest BCUT2D eigenvalue weighted by molar-refractivity contribution is -0.116. The predicted molar refractivity (Wildman–Crippen MR) is 76.6 cm³/mol. The van der Waals surface area contributed by atoms with E-state index in [9.17, 15) is 4.79 Å². The molecule has 2 rings (SSSR count). The van der Waals surface area contributed by atoms with Crippen molar-refractivity contribution >= 4 is 35.6 Å². The Balaban J connectivity index is 0.00000180. The summed E-state index contributed by atoms with van der Waals surface area (Å²) in [6, 6.07) is 3.11. The van der Waals surface area contributed by atoms with Gasteiger partial charge in [-0.1, -0.05) is 11.6 Å². The monoisotopic (exact) mass is 306 g/mol. The van der Waals surface area contributed by atoms with Crippen molar-refractivity contribution < 1.29 is 14.3 Å². The number of fused-ring (bicyclic) bond motifs is 1. The smallest absolute Gasteiger partial charge is 0.225 e. The van der Waals surface area contributed by atoms with E-state index in [0.29, 0.717) is 35.4 Å². The van der Waals surface area contributed by atoms with Crippen molar-refractivity contribution in [2.24, 2.45) is 5.73 Å². The Morgan fingerprint density at radius 1 is 1.42 bits per heavy atom. The number of carbonyl (C=O) groups is 1. The standard InChI is InChI=1S/C12H15ClN2O3.ClH/c1-7(14)4-12(16)15-9-6-11-10(5-8(9)13)17-2-3-18-11;/h5-7H,2-4,14H2,1H3,(H,15,16);1H. The molecule has 0 fully saturated rings. The fraction of sp³-hybridized carbons (Fsp3) is 0.417. The van der Waals surface area contributed by atoms with E-state index in [-0.39, 0.29) is 30.8 Å². The van der Waals surface area contributed by atoms with Gasteiger partial charge in [-0.05, 0) is 6.92 Å². The lowest BCUT2D eigenvalue weighted by Gasteiger charge is -2.20. The molecule has 1 aliphatic heterocycles. The molecule has 19 heavy (non-hydrogen) atoms. The Labute approximate surface area is 122 Å². The molecule has 0 spiro atoms. The van der Waals surface area contributed by atoms with Crippen LogP contribution < -0.4 is 20.5 Å². The Bertz CT molecular complexity index is 467. The molecule has 1 atom stereocenters. The van der Waals surface area contributed by atoms with Crippen LogP contribution in [-0.2, 0) is 4.79 Å². The molecular formula is C12H16Cl2N2O3. The van der Waals surface area contributed by atoms with E-state index in [4.69, 9.17) is 26.8 Å². The van der Waals surface area contributed by atoms with Crippen LogP contribution >= 0.6 is 24.0 Å². The van der Waals surface area contributed by atoms with Crippen LogP contribution in [0.4, 0.5) is 5.69 Å². The summed E-state index contributed by atoms with van der Waals surface area (Å²) in [5.74, 6) is 1.00. The van der Waals surface area contributed by atoms with Gasteiger partial charge in [0.05, 0.1) is 10.7 Å². The summed E-state index contributed by atoms with van der Waals surface area (Å²) in [6.45, 7) is 2.76. The lowest BCUT2D eigenvalue weighted by Crippen LogP contribution is -2.24. The number of nitrogens with two attached hydrogens (primary N) is 1. The lowest BCUT2D eigenvalue weighted by atomic mass is 10.2. The van der Waals surface area contributed by atoms with Crippen molar-refractivity contribution in [3.8, 4) is 11.5 Å². The van der Waals surface area contributed by atoms with Gasteiger partial charge in [0.1, 0.15) is 13.2 Å². The Morgan fingerprint density at radius 2 is 2.00 bits per heavy atom. The average Bonchev–Trinajstić information content (AvgIpc) is 2.29. The summed E-state index contributed by atoms with van der Waals surface area (Å²) >= 11 is 6.06. The highest BCUT2D eigenvalue weighted by Crippen LogP contribution is 2.37. The second kappa shape index (κ2) is 6.84. The summed E-state index contributed by atoms with van der Waals surface area (Å²) in [6.07, 6.45) is 0.241. The van der Waals surface area contributed by atoms with Crippen molar-refractivity contribution in [1.82, 2.24) is 0 Å². The molecule has 0 aliphatic carbocycles. The fourth-order valence-corrected chi connectivity index (χ4v) is 1.85. The van der Waals surface area contributed by atoms with E-state index in [2.05, 4.69) is 5.32 Å². The first kappa shape index (κ1) is 15.9. The minimum Gasteiger partial charge on any atom is -0.486 e. The van der Waals surface area contributed by atoms with Crippen molar-refractivity contribution in [2.45, 2.75) is 19.4 Å². The highest BCUT2D eigenvalue weighted by atomic mass is 35.5. The molecule has 7 heteroatoms. The van der Waals surface area contributed by atoms with E-state index >= 15 is 0 Å². The number of halogens is 2. The number of ether oxygens (including phenoxy) is 2. The molecular weight excluding hydrogens is 291 g/mol. The van der Waals surface area contributed by atoms with E-state index in [1.807, 2.05) is 0 Å². The molecule has 1 aromatic rings. The first-order chi connectivity index (χ1) is 8.56. The number of amides is 1. The van der Waals surface area contributed by atoms with Crippen LogP contribution in [0.25, 0.3) is 0 Å². The number of rotatable bonds is 3. The molecule has 1 unspecified atom stereocenters. The zero-order valence-electron chi connectivity index (χ0n) is 10.4. The van der Waals surface area contributed by atoms with Gasteiger partial charge < -0.3 is 20.5 Å². The van der Waals surface area contributed by atoms with Gasteiger partial charge in [-0.15, -0.1) is 12.4 Å². The molecule has 5 nitrogen and oxygen atoms in total. The first-order valence-electron chi connectivity index (χ1n) is 5.71. The van der Waals surface area contributed by atoms with Gasteiger partial charge >= 0.3 is 0 Å². The Morgan fingerprint density at radius 3 is 2.58 bits per heavy atom. The summed E-state index contributed by atoms with van der Waals surface area (Å²) in [7, 11) is 0. The second-order valence-corrected chi connectivity index (χ2v) is 4.61. The molecule has 0 saturated carbocycles. The molecule has 1 amide bonds. The fourth-order valence-electron chi connectivity index (χ4n) is 1.65. The second-order valence-electron chi connectivity index (χ2n) is 4.21. The number of benzene rings is 1. The van der Waals surface area contributed by atoms with Gasteiger partial charge in [-0.2, -0.15) is 0 Å². The molecule has 1 heterocycles. The summed E-state index contributed by atoms with van der Waals surface area (Å²) in [5.41, 5.74) is 6.06. The van der Waals surface area contributed by atoms with Gasteiger partial charge in [-0.25, -0.2) is 0 Å². The van der Waals surface area contributed by atoms with E-state index in [1.54, 1.807) is 19.1 Å². The van der Waals surface area contributed by atoms with Gasteiger partial charge in [0.2, 0.25) is 5.91 Å². The summed E-state index contributed by atoms with van der Waals surface area (Å²) < 4.78 is 10.8. The van der Waals surface area contributed by atoms with Crippen LogP contribution in [0.5, 0.6) is 11.5 Å². The third-order valence-corrected chi connectivity index (χ3v) is 2.73. The molecule has 0 aromatic heterocycles. The van der Waals surface area contributed by atoms with Crippen molar-refractivity contribution in [2.75, 3.05) is 18.5 Å². The van der Waals surface area contributed by atoms with Crippen LogP contribution in [0.2, 0.25) is 5.02 Å². The predicted octanol–water partition coefficient (Wildman–Crippen LogP) is 2.21. The Hall–Kier alpha value is -1.17. The van der Waals surface area contributed by atoms with Gasteiger partial charge in [0.15, 0.2) is 11.5 Å². The summed E-state index contributed by atoms with van der Waals surface area (Å²) in [4.78, 5) is 11.6. The van der Waals surface area contributed by atoms with Gasteiger partial charge in [0.25, 0.3) is 0 Å². The minimum atomic E-state index is -0.194.